The topological polar surface area (TPSA) is 62.5 Å². The standard InChI is InChI=1S/C45H38N4/c1-28-20-31-22-29(2)45(37(21-28)23-31)40-19-17-36(26-39(40)38-18-16-30(27-46)24-41(38)45)44-48-42(33-12-7-4-8-13-33)47-43(49-44)35-15-9-14-34(25-35)32-10-5-3-6-11-32/h3-19,24-26,28-29,31,37H,20-23H2,1-2H3. The summed E-state index contributed by atoms with van der Waals surface area (Å²) >= 11 is 0. The van der Waals surface area contributed by atoms with Crippen molar-refractivity contribution in [3.63, 3.8) is 0 Å². The van der Waals surface area contributed by atoms with Gasteiger partial charge in [0.1, 0.15) is 0 Å². The normalized spacial score (nSPS) is 23.4. The highest BCUT2D eigenvalue weighted by molar-refractivity contribution is 5.85. The van der Waals surface area contributed by atoms with Crippen LogP contribution in [0.4, 0.5) is 0 Å². The van der Waals surface area contributed by atoms with Gasteiger partial charge < -0.3 is 0 Å². The highest BCUT2D eigenvalue weighted by Gasteiger charge is 2.56. The molecular weight excluding hydrogens is 597 g/mol. The van der Waals surface area contributed by atoms with Gasteiger partial charge in [0.2, 0.25) is 0 Å². The van der Waals surface area contributed by atoms with Crippen LogP contribution in [0.15, 0.2) is 121 Å². The van der Waals surface area contributed by atoms with Crippen LogP contribution < -0.4 is 0 Å². The average Bonchev–Trinajstić information content (AvgIpc) is 3.44. The lowest BCUT2D eigenvalue weighted by molar-refractivity contribution is 0.0426. The summed E-state index contributed by atoms with van der Waals surface area (Å²) in [5.41, 5.74) is 11.1. The van der Waals surface area contributed by atoms with Crippen LogP contribution in [0.2, 0.25) is 0 Å². The van der Waals surface area contributed by atoms with E-state index in [4.69, 9.17) is 15.0 Å². The van der Waals surface area contributed by atoms with E-state index < -0.39 is 0 Å². The maximum Gasteiger partial charge on any atom is 0.164 e. The highest BCUT2D eigenvalue weighted by atomic mass is 15.0. The van der Waals surface area contributed by atoms with Gasteiger partial charge in [-0.2, -0.15) is 5.26 Å². The van der Waals surface area contributed by atoms with Gasteiger partial charge in [-0.05, 0) is 107 Å². The second-order valence-corrected chi connectivity index (χ2v) is 14.6. The zero-order valence-corrected chi connectivity index (χ0v) is 28.0. The fourth-order valence-corrected chi connectivity index (χ4v) is 9.79. The van der Waals surface area contributed by atoms with Crippen molar-refractivity contribution in [2.24, 2.45) is 23.7 Å². The lowest BCUT2D eigenvalue weighted by Gasteiger charge is -2.54. The molecule has 0 amide bonds. The molecule has 4 nitrogen and oxygen atoms in total. The van der Waals surface area contributed by atoms with Gasteiger partial charge >= 0.3 is 0 Å². The van der Waals surface area contributed by atoms with E-state index in [1.165, 1.54) is 47.9 Å². The smallest absolute Gasteiger partial charge is 0.164 e. The van der Waals surface area contributed by atoms with Gasteiger partial charge in [0.05, 0.1) is 11.6 Å². The minimum Gasteiger partial charge on any atom is -0.208 e. The Labute approximate surface area is 288 Å². The zero-order valence-electron chi connectivity index (χ0n) is 28.0. The summed E-state index contributed by atoms with van der Waals surface area (Å²) in [6.45, 7) is 4.90. The van der Waals surface area contributed by atoms with Crippen molar-refractivity contribution in [2.45, 2.75) is 44.9 Å². The lowest BCUT2D eigenvalue weighted by Crippen LogP contribution is -2.49. The SMILES string of the molecule is CC1CC2CC(C)C3(c4ccc(-c5nc(-c6ccccc6)nc(-c6cccc(-c7ccccc7)c6)n5)cc4-c4ccc(C#N)cc43)C(C1)C2. The fraction of sp³-hybridized carbons (Fsp3) is 0.244. The van der Waals surface area contributed by atoms with Crippen LogP contribution >= 0.6 is 0 Å². The molecule has 0 saturated heterocycles. The van der Waals surface area contributed by atoms with E-state index in [0.29, 0.717) is 29.3 Å². The van der Waals surface area contributed by atoms with E-state index in [9.17, 15) is 5.26 Å². The van der Waals surface area contributed by atoms with Gasteiger partial charge in [-0.25, -0.2) is 15.0 Å². The molecule has 2 fully saturated rings. The number of hydrogen-bond acceptors (Lipinski definition) is 4. The molecule has 2 bridgehead atoms. The van der Waals surface area contributed by atoms with Crippen LogP contribution in [-0.4, -0.2) is 15.0 Å². The molecule has 9 rings (SSSR count). The average molecular weight is 635 g/mol. The van der Waals surface area contributed by atoms with Crippen LogP contribution in [0.25, 0.3) is 56.4 Å². The van der Waals surface area contributed by atoms with Gasteiger partial charge in [-0.15, -0.1) is 0 Å². The summed E-state index contributed by atoms with van der Waals surface area (Å²) in [7, 11) is 0. The first-order valence-electron chi connectivity index (χ1n) is 17.7. The molecule has 4 heteroatoms. The summed E-state index contributed by atoms with van der Waals surface area (Å²) in [6, 6.07) is 44.8. The van der Waals surface area contributed by atoms with Crippen LogP contribution in [-0.2, 0) is 5.41 Å². The Morgan fingerprint density at radius 1 is 0.551 bits per heavy atom. The molecule has 3 aliphatic rings. The Kier molecular flexibility index (Phi) is 7.06. The van der Waals surface area contributed by atoms with E-state index in [2.05, 4.69) is 111 Å². The van der Waals surface area contributed by atoms with Crippen molar-refractivity contribution < 1.29 is 0 Å². The summed E-state index contributed by atoms with van der Waals surface area (Å²) in [4.78, 5) is 15.3. The van der Waals surface area contributed by atoms with E-state index in [1.807, 2.05) is 30.3 Å². The first-order chi connectivity index (χ1) is 24.0. The number of benzene rings is 5. The molecule has 5 unspecified atom stereocenters. The molecule has 6 aromatic rings. The summed E-state index contributed by atoms with van der Waals surface area (Å²) < 4.78 is 0. The molecule has 1 spiro atoms. The number of nitrogens with zero attached hydrogens (tertiary/aromatic N) is 4. The van der Waals surface area contributed by atoms with Gasteiger partial charge in [0.15, 0.2) is 17.5 Å². The molecule has 3 aliphatic carbocycles. The van der Waals surface area contributed by atoms with Crippen LogP contribution in [0.3, 0.4) is 0 Å². The largest absolute Gasteiger partial charge is 0.208 e. The Hall–Kier alpha value is -5.40. The van der Waals surface area contributed by atoms with Gasteiger partial charge in [0, 0.05) is 22.1 Å². The zero-order chi connectivity index (χ0) is 33.1. The molecule has 5 atom stereocenters. The minimum atomic E-state index is -0.0847. The quantitative estimate of drug-likeness (QED) is 0.194. The van der Waals surface area contributed by atoms with Crippen molar-refractivity contribution >= 4 is 0 Å². The number of hydrogen-bond donors (Lipinski definition) is 0. The Morgan fingerprint density at radius 3 is 1.94 bits per heavy atom. The summed E-state index contributed by atoms with van der Waals surface area (Å²) in [6.07, 6.45) is 5.08. The van der Waals surface area contributed by atoms with Crippen molar-refractivity contribution in [3.05, 3.63) is 138 Å². The number of fused-ring (bicyclic) bond motifs is 8. The predicted molar refractivity (Wildman–Crippen MR) is 196 cm³/mol. The van der Waals surface area contributed by atoms with E-state index in [-0.39, 0.29) is 5.41 Å². The molecule has 0 N–H and O–H groups in total. The second-order valence-electron chi connectivity index (χ2n) is 14.6. The van der Waals surface area contributed by atoms with Crippen molar-refractivity contribution in [2.75, 3.05) is 0 Å². The van der Waals surface area contributed by atoms with Gasteiger partial charge in [-0.3, -0.25) is 0 Å². The van der Waals surface area contributed by atoms with E-state index in [0.717, 1.165) is 45.2 Å². The monoisotopic (exact) mass is 634 g/mol. The number of aromatic nitrogens is 3. The number of nitriles is 1. The maximum absolute atomic E-state index is 10.00. The second kappa shape index (κ2) is 11.6. The Bertz CT molecular complexity index is 2250. The Balaban J connectivity index is 1.22. The molecule has 1 aromatic heterocycles. The molecular formula is C45H38N4. The van der Waals surface area contributed by atoms with Crippen molar-refractivity contribution in [1.82, 2.24) is 15.0 Å². The summed E-state index contributed by atoms with van der Waals surface area (Å²) in [5.74, 6) is 4.55. The highest BCUT2D eigenvalue weighted by Crippen LogP contribution is 2.64. The van der Waals surface area contributed by atoms with Crippen molar-refractivity contribution in [1.29, 1.82) is 5.26 Å². The first-order valence-corrected chi connectivity index (χ1v) is 17.7. The molecule has 2 saturated carbocycles. The molecule has 0 aliphatic heterocycles. The summed E-state index contributed by atoms with van der Waals surface area (Å²) in [5, 5.41) is 10.00. The van der Waals surface area contributed by atoms with E-state index in [1.54, 1.807) is 0 Å². The third kappa shape index (κ3) is 4.83. The van der Waals surface area contributed by atoms with Crippen LogP contribution in [0, 0.1) is 35.0 Å². The first kappa shape index (κ1) is 29.7. The minimum absolute atomic E-state index is 0.0847. The third-order valence-corrected chi connectivity index (χ3v) is 11.7. The van der Waals surface area contributed by atoms with Crippen LogP contribution in [0.5, 0.6) is 0 Å². The van der Waals surface area contributed by atoms with Gasteiger partial charge in [-0.1, -0.05) is 111 Å². The molecule has 49 heavy (non-hydrogen) atoms. The Morgan fingerprint density at radius 2 is 1.20 bits per heavy atom. The fourth-order valence-electron chi connectivity index (χ4n) is 9.79. The third-order valence-electron chi connectivity index (χ3n) is 11.7. The van der Waals surface area contributed by atoms with Gasteiger partial charge in [0.25, 0.3) is 0 Å². The van der Waals surface area contributed by atoms with E-state index >= 15 is 0 Å². The maximum atomic E-state index is 10.00. The predicted octanol–water partition coefficient (Wildman–Crippen LogP) is 10.8. The molecule has 5 aromatic carbocycles. The molecule has 1 heterocycles. The molecule has 238 valence electrons. The number of rotatable bonds is 4. The molecule has 0 radical (unpaired) electrons. The lowest BCUT2D eigenvalue weighted by atomic mass is 9.49. The van der Waals surface area contributed by atoms with Crippen LogP contribution in [0.1, 0.15) is 56.2 Å². The van der Waals surface area contributed by atoms with Crippen molar-refractivity contribution in [3.8, 4) is 62.5 Å².